The molecule has 0 fully saturated rings. The maximum atomic E-state index is 13.5. The second-order valence-corrected chi connectivity index (χ2v) is 10.8. The average Bonchev–Trinajstić information content (AvgIpc) is 3.76. The lowest BCUT2D eigenvalue weighted by Gasteiger charge is -2.22. The Bertz CT molecular complexity index is 1500. The van der Waals surface area contributed by atoms with Crippen LogP contribution in [0.3, 0.4) is 0 Å². The third-order valence-electron chi connectivity index (χ3n) is 6.49. The lowest BCUT2D eigenvalue weighted by atomic mass is 9.98. The molecule has 1 aliphatic heterocycles. The molecule has 0 bridgehead atoms. The van der Waals surface area contributed by atoms with Crippen LogP contribution in [0.5, 0.6) is 11.5 Å². The van der Waals surface area contributed by atoms with Gasteiger partial charge in [0.15, 0.2) is 11.0 Å². The zero-order valence-electron chi connectivity index (χ0n) is 22.2. The zero-order valence-corrected chi connectivity index (χ0v) is 23.9. The Kier molecular flexibility index (Phi) is 8.46. The number of thioether (sulfide) groups is 1. The lowest BCUT2D eigenvalue weighted by molar-refractivity contribution is -0.130. The van der Waals surface area contributed by atoms with E-state index in [0.29, 0.717) is 22.3 Å². The molecule has 10 nitrogen and oxygen atoms in total. The molecule has 1 aliphatic rings. The Hall–Kier alpha value is -4.16. The number of rotatable bonds is 10. The Balaban J connectivity index is 1.29. The van der Waals surface area contributed by atoms with Crippen molar-refractivity contribution in [1.29, 1.82) is 0 Å². The standard InChI is InChI=1S/C28H28N6O4S2/c1-33-25(16-29-27(36)24-5-4-14-39-24)30-31-28(33)40-17-26(35)34-23(19-8-12-21(38-3)13-9-19)15-22(32-34)18-6-10-20(37-2)11-7-18/h4-14,23H,15-17H2,1-3H3,(H,29,36). The molecule has 12 heteroatoms. The van der Waals surface area contributed by atoms with E-state index in [1.165, 1.54) is 23.1 Å². The number of ether oxygens (including phenoxy) is 2. The zero-order chi connectivity index (χ0) is 28.1. The van der Waals surface area contributed by atoms with Crippen LogP contribution < -0.4 is 14.8 Å². The number of benzene rings is 2. The fourth-order valence-electron chi connectivity index (χ4n) is 4.26. The Morgan fingerprint density at radius 3 is 2.38 bits per heavy atom. The first-order valence-corrected chi connectivity index (χ1v) is 14.3. The molecule has 1 atom stereocenters. The first kappa shape index (κ1) is 27.4. The second kappa shape index (κ2) is 12.3. The number of hydrazone groups is 1. The summed E-state index contributed by atoms with van der Waals surface area (Å²) < 4.78 is 12.4. The highest BCUT2D eigenvalue weighted by molar-refractivity contribution is 7.99. The molecular formula is C28H28N6O4S2. The summed E-state index contributed by atoms with van der Waals surface area (Å²) in [6.07, 6.45) is 0.576. The molecule has 2 aromatic heterocycles. The number of methoxy groups -OCH3 is 2. The number of nitrogens with zero attached hydrogens (tertiary/aromatic N) is 5. The van der Waals surface area contributed by atoms with Gasteiger partial charge in [0.25, 0.3) is 11.8 Å². The molecule has 2 aromatic carbocycles. The molecule has 4 aromatic rings. The van der Waals surface area contributed by atoms with Gasteiger partial charge >= 0.3 is 0 Å². The predicted octanol–water partition coefficient (Wildman–Crippen LogP) is 4.29. The maximum Gasteiger partial charge on any atom is 0.261 e. The SMILES string of the molecule is COc1ccc(C2=NN(C(=O)CSc3nnc(CNC(=O)c4cccs4)n3C)C(c3ccc(OC)cc3)C2)cc1. The molecule has 40 heavy (non-hydrogen) atoms. The van der Waals surface area contributed by atoms with Crippen molar-refractivity contribution >= 4 is 40.6 Å². The van der Waals surface area contributed by atoms with E-state index in [1.54, 1.807) is 29.9 Å². The number of hydrogen-bond donors (Lipinski definition) is 1. The van der Waals surface area contributed by atoms with Crippen molar-refractivity contribution < 1.29 is 19.1 Å². The minimum absolute atomic E-state index is 0.125. The number of thiophene rings is 1. The van der Waals surface area contributed by atoms with Gasteiger partial charge in [0.1, 0.15) is 11.5 Å². The molecule has 0 aliphatic carbocycles. The molecule has 206 valence electrons. The van der Waals surface area contributed by atoms with Crippen molar-refractivity contribution in [3.05, 3.63) is 87.9 Å². The van der Waals surface area contributed by atoms with Crippen molar-refractivity contribution in [2.45, 2.75) is 24.2 Å². The molecule has 2 amide bonds. The van der Waals surface area contributed by atoms with Gasteiger partial charge < -0.3 is 19.4 Å². The first-order chi connectivity index (χ1) is 19.5. The number of carbonyl (C=O) groups is 2. The number of nitrogens with one attached hydrogen (secondary N) is 1. The van der Waals surface area contributed by atoms with E-state index < -0.39 is 0 Å². The lowest BCUT2D eigenvalue weighted by Crippen LogP contribution is -2.28. The van der Waals surface area contributed by atoms with Crippen LogP contribution in [0.25, 0.3) is 0 Å². The fraction of sp³-hybridized carbons (Fsp3) is 0.250. The molecule has 0 saturated heterocycles. The average molecular weight is 577 g/mol. The summed E-state index contributed by atoms with van der Waals surface area (Å²) in [6.45, 7) is 0.232. The Morgan fingerprint density at radius 1 is 1.02 bits per heavy atom. The van der Waals surface area contributed by atoms with E-state index in [-0.39, 0.29) is 30.2 Å². The normalized spacial score (nSPS) is 14.6. The van der Waals surface area contributed by atoms with Gasteiger partial charge in [0.2, 0.25) is 0 Å². The first-order valence-electron chi connectivity index (χ1n) is 12.5. The van der Waals surface area contributed by atoms with E-state index in [1.807, 2.05) is 67.0 Å². The molecule has 3 heterocycles. The second-order valence-electron chi connectivity index (χ2n) is 8.91. The van der Waals surface area contributed by atoms with Crippen LogP contribution in [0.4, 0.5) is 0 Å². The van der Waals surface area contributed by atoms with Crippen LogP contribution in [0.15, 0.2) is 76.3 Å². The van der Waals surface area contributed by atoms with E-state index in [9.17, 15) is 9.59 Å². The Labute approximate surface area is 240 Å². The Morgan fingerprint density at radius 2 is 1.73 bits per heavy atom. The van der Waals surface area contributed by atoms with Gasteiger partial charge in [-0.15, -0.1) is 21.5 Å². The summed E-state index contributed by atoms with van der Waals surface area (Å²) in [5.41, 5.74) is 2.72. The number of aromatic nitrogens is 3. The van der Waals surface area contributed by atoms with Gasteiger partial charge in [-0.25, -0.2) is 5.01 Å². The van der Waals surface area contributed by atoms with Gasteiger partial charge in [-0.1, -0.05) is 30.0 Å². The molecule has 1 unspecified atom stereocenters. The number of hydrogen-bond acceptors (Lipinski definition) is 9. The minimum Gasteiger partial charge on any atom is -0.497 e. The monoisotopic (exact) mass is 576 g/mol. The van der Waals surface area contributed by atoms with Gasteiger partial charge in [-0.2, -0.15) is 5.10 Å². The smallest absolute Gasteiger partial charge is 0.261 e. The van der Waals surface area contributed by atoms with Crippen LogP contribution in [-0.2, 0) is 18.4 Å². The quantitative estimate of drug-likeness (QED) is 0.280. The highest BCUT2D eigenvalue weighted by Gasteiger charge is 2.33. The van der Waals surface area contributed by atoms with E-state index in [2.05, 4.69) is 15.5 Å². The highest BCUT2D eigenvalue weighted by atomic mass is 32.2. The summed E-state index contributed by atoms with van der Waals surface area (Å²) in [4.78, 5) is 26.4. The molecule has 5 rings (SSSR count). The van der Waals surface area contributed by atoms with Crippen molar-refractivity contribution in [3.63, 3.8) is 0 Å². The van der Waals surface area contributed by atoms with E-state index in [0.717, 1.165) is 28.3 Å². The van der Waals surface area contributed by atoms with Crippen molar-refractivity contribution in [2.24, 2.45) is 12.1 Å². The van der Waals surface area contributed by atoms with Crippen molar-refractivity contribution in [1.82, 2.24) is 25.1 Å². The van der Waals surface area contributed by atoms with Crippen molar-refractivity contribution in [3.8, 4) is 11.5 Å². The molecular weight excluding hydrogens is 548 g/mol. The van der Waals surface area contributed by atoms with Crippen LogP contribution >= 0.6 is 23.1 Å². The van der Waals surface area contributed by atoms with Gasteiger partial charge in [0, 0.05) is 13.5 Å². The summed E-state index contributed by atoms with van der Waals surface area (Å²) in [5.74, 6) is 1.91. The van der Waals surface area contributed by atoms with Crippen molar-refractivity contribution in [2.75, 3.05) is 20.0 Å². The summed E-state index contributed by atoms with van der Waals surface area (Å²) >= 11 is 2.66. The van der Waals surface area contributed by atoms with E-state index >= 15 is 0 Å². The summed E-state index contributed by atoms with van der Waals surface area (Å²) in [5, 5.41) is 20.0. The van der Waals surface area contributed by atoms with Crippen LogP contribution in [0, 0.1) is 0 Å². The topological polar surface area (TPSA) is 111 Å². The molecule has 0 spiro atoms. The van der Waals surface area contributed by atoms with Crippen LogP contribution in [0.1, 0.15) is 39.1 Å². The van der Waals surface area contributed by atoms with Gasteiger partial charge in [-0.05, 0) is 59.0 Å². The van der Waals surface area contributed by atoms with E-state index in [4.69, 9.17) is 14.6 Å². The fourth-order valence-corrected chi connectivity index (χ4v) is 5.68. The van der Waals surface area contributed by atoms with Crippen LogP contribution in [0.2, 0.25) is 0 Å². The largest absolute Gasteiger partial charge is 0.497 e. The number of amides is 2. The van der Waals surface area contributed by atoms with Crippen LogP contribution in [-0.4, -0.2) is 57.3 Å². The summed E-state index contributed by atoms with van der Waals surface area (Å²) in [6, 6.07) is 18.7. The van der Waals surface area contributed by atoms with Gasteiger partial charge in [-0.3, -0.25) is 9.59 Å². The molecule has 1 N–H and O–H groups in total. The molecule has 0 radical (unpaired) electrons. The third-order valence-corrected chi connectivity index (χ3v) is 8.37. The van der Waals surface area contributed by atoms with Gasteiger partial charge in [0.05, 0.1) is 43.1 Å². The third kappa shape index (κ3) is 6.02. The highest BCUT2D eigenvalue weighted by Crippen LogP contribution is 2.34. The predicted molar refractivity (Wildman–Crippen MR) is 154 cm³/mol. The molecule has 0 saturated carbocycles. The maximum absolute atomic E-state index is 13.5. The number of carbonyl (C=O) groups excluding carboxylic acids is 2. The minimum atomic E-state index is -0.251. The summed E-state index contributed by atoms with van der Waals surface area (Å²) in [7, 11) is 5.06.